The summed E-state index contributed by atoms with van der Waals surface area (Å²) in [6.07, 6.45) is 17.1. The SMILES string of the molecule is CCCCCCCCCCCCCC[CH2][Ce](=[O])[O-]. The van der Waals surface area contributed by atoms with E-state index in [2.05, 4.69) is 6.92 Å². The molecule has 0 aliphatic rings. The molecule has 0 saturated heterocycles. The molecule has 0 atom stereocenters. The van der Waals surface area contributed by atoms with Gasteiger partial charge < -0.3 is 0 Å². The molecule has 0 amide bonds. The van der Waals surface area contributed by atoms with Crippen LogP contribution in [-0.2, 0) is 0.938 Å². The summed E-state index contributed by atoms with van der Waals surface area (Å²) < 4.78 is 21.5. The van der Waals surface area contributed by atoms with Gasteiger partial charge >= 0.3 is 111 Å². The van der Waals surface area contributed by atoms with Gasteiger partial charge in [0.05, 0.1) is 0 Å². The Hall–Kier alpha value is 1.14. The third-order valence-electron chi connectivity index (χ3n) is 3.48. The predicted molar refractivity (Wildman–Crippen MR) is 71.2 cm³/mol. The molecule has 108 valence electrons. The van der Waals surface area contributed by atoms with Gasteiger partial charge in [0.2, 0.25) is 0 Å². The van der Waals surface area contributed by atoms with Crippen LogP contribution in [0.15, 0.2) is 0 Å². The first-order valence-electron chi connectivity index (χ1n) is 7.97. The summed E-state index contributed by atoms with van der Waals surface area (Å²) in [4.78, 5) is 0. The van der Waals surface area contributed by atoms with E-state index >= 15 is 0 Å². The van der Waals surface area contributed by atoms with Crippen LogP contribution in [0.5, 0.6) is 0 Å². The van der Waals surface area contributed by atoms with E-state index < -0.39 is 36.2 Å². The van der Waals surface area contributed by atoms with Gasteiger partial charge in [-0.2, -0.15) is 0 Å². The molecule has 0 unspecified atom stereocenters. The van der Waals surface area contributed by atoms with Gasteiger partial charge in [-0.25, -0.2) is 0 Å². The summed E-state index contributed by atoms with van der Waals surface area (Å²) >= 11 is -3.37. The van der Waals surface area contributed by atoms with E-state index in [0.717, 1.165) is 12.8 Å². The molecule has 0 aromatic rings. The van der Waals surface area contributed by atoms with Gasteiger partial charge in [-0.05, 0) is 0 Å². The van der Waals surface area contributed by atoms with Gasteiger partial charge in [-0.1, -0.05) is 19.8 Å². The molecule has 0 saturated carbocycles. The molecule has 0 N–H and O–H groups in total. The van der Waals surface area contributed by atoms with Crippen LogP contribution < -0.4 is 1.32 Å². The fourth-order valence-corrected chi connectivity index (χ4v) is 3.98. The molecule has 0 rings (SSSR count). The van der Waals surface area contributed by atoms with Gasteiger partial charge in [0.25, 0.3) is 0 Å². The van der Waals surface area contributed by atoms with Crippen molar-refractivity contribution in [2.24, 2.45) is 0 Å². The van der Waals surface area contributed by atoms with Crippen LogP contribution in [0.3, 0.4) is 0 Å². The molecular formula is C15H31CeO2-. The Morgan fingerprint density at radius 2 is 1.00 bits per heavy atom. The van der Waals surface area contributed by atoms with Crippen molar-refractivity contribution >= 4 is 0 Å². The second kappa shape index (κ2) is 16.2. The molecule has 0 radical (unpaired) electrons. The van der Waals surface area contributed by atoms with Crippen molar-refractivity contribution in [2.75, 3.05) is 0 Å². The summed E-state index contributed by atoms with van der Waals surface area (Å²) in [5.74, 6) is 0. The van der Waals surface area contributed by atoms with E-state index in [0.29, 0.717) is 1.94 Å². The summed E-state index contributed by atoms with van der Waals surface area (Å²) in [6.45, 7) is 2.26. The van der Waals surface area contributed by atoms with Gasteiger partial charge in [0.1, 0.15) is 0 Å². The Labute approximate surface area is 129 Å². The first kappa shape index (κ1) is 19.1. The Morgan fingerprint density at radius 1 is 0.667 bits per heavy atom. The van der Waals surface area contributed by atoms with E-state index in [9.17, 15) is 2.26 Å². The number of hydrogen-bond donors (Lipinski definition) is 0. The van der Waals surface area contributed by atoms with Crippen molar-refractivity contribution in [1.29, 1.82) is 0 Å². The van der Waals surface area contributed by atoms with Crippen LogP contribution in [0, 0.1) is 36.2 Å². The second-order valence-electron chi connectivity index (χ2n) is 5.36. The quantitative estimate of drug-likeness (QED) is 0.407. The van der Waals surface area contributed by atoms with Gasteiger partial charge in [-0.3, -0.25) is 0 Å². The normalized spacial score (nSPS) is 10.8. The number of rotatable bonds is 14. The molecule has 0 aliphatic carbocycles. The van der Waals surface area contributed by atoms with Crippen LogP contribution in [0.1, 0.15) is 90.4 Å². The van der Waals surface area contributed by atoms with E-state index in [4.69, 9.17) is 0 Å². The molecule has 0 bridgehead atoms. The van der Waals surface area contributed by atoms with Crippen molar-refractivity contribution in [3.05, 3.63) is 0 Å². The molecule has 0 aromatic heterocycles. The summed E-state index contributed by atoms with van der Waals surface area (Å²) in [7, 11) is 0. The molecular weight excluding hydrogens is 352 g/mol. The van der Waals surface area contributed by atoms with Crippen LogP contribution in [-0.4, -0.2) is 0 Å². The molecule has 0 aliphatic heterocycles. The Balaban J connectivity index is 2.92. The van der Waals surface area contributed by atoms with E-state index in [1.807, 2.05) is 0 Å². The van der Waals surface area contributed by atoms with Crippen molar-refractivity contribution in [1.82, 2.24) is 0 Å². The minimum absolute atomic E-state index is 0.530. The first-order valence-corrected chi connectivity index (χ1v) is 12.8. The fraction of sp³-hybridized carbons (Fsp3) is 1.00. The van der Waals surface area contributed by atoms with Crippen molar-refractivity contribution in [2.45, 2.75) is 92.3 Å². The Kier molecular flexibility index (Phi) is 17.2. The first-order chi connectivity index (χ1) is 8.77. The molecule has 3 heteroatoms. The average molecular weight is 384 g/mol. The zero-order chi connectivity index (χ0) is 13.5. The topological polar surface area (TPSA) is 40.1 Å². The standard InChI is InChI=1S/C15H31.Ce.2O/c1-3-5-7-9-11-13-15-14-12-10-8-6-4-2;;;/h1,3-15H2,2H3;;;/q;;;-1. The number of unbranched alkanes of at least 4 members (excludes halogenated alkanes) is 12. The van der Waals surface area contributed by atoms with Crippen LogP contribution >= 0.6 is 0 Å². The number of hydrogen-bond acceptors (Lipinski definition) is 2. The van der Waals surface area contributed by atoms with E-state index in [-0.39, 0.29) is 0 Å². The molecule has 18 heavy (non-hydrogen) atoms. The molecule has 2 nitrogen and oxygen atoms in total. The van der Waals surface area contributed by atoms with Gasteiger partial charge in [0, 0.05) is 0 Å². The molecule has 0 heterocycles. The van der Waals surface area contributed by atoms with Crippen LogP contribution in [0.4, 0.5) is 0 Å². The van der Waals surface area contributed by atoms with Crippen molar-refractivity contribution < 1.29 is 38.4 Å². The zero-order valence-corrected chi connectivity index (χ0v) is 15.4. The molecule has 0 aromatic carbocycles. The van der Waals surface area contributed by atoms with Gasteiger partial charge in [0.15, 0.2) is 0 Å². The van der Waals surface area contributed by atoms with E-state index in [1.165, 1.54) is 70.6 Å². The second-order valence-corrected chi connectivity index (χ2v) is 9.27. The maximum atomic E-state index is 10.5. The monoisotopic (exact) mass is 383 g/mol. The Morgan fingerprint density at radius 3 is 1.33 bits per heavy atom. The fourth-order valence-electron chi connectivity index (χ4n) is 2.29. The predicted octanol–water partition coefficient (Wildman–Crippen LogP) is 4.74. The van der Waals surface area contributed by atoms with Crippen LogP contribution in [0.25, 0.3) is 0 Å². The summed E-state index contributed by atoms with van der Waals surface area (Å²) in [5, 5.41) is 0. The maximum absolute atomic E-state index is 10.5. The minimum atomic E-state index is -3.37. The average Bonchev–Trinajstić information content (AvgIpc) is 2.34. The van der Waals surface area contributed by atoms with Gasteiger partial charge in [-0.15, -0.1) is 0 Å². The third-order valence-corrected chi connectivity index (χ3v) is 5.88. The third kappa shape index (κ3) is 17.1. The molecule has 0 fully saturated rings. The van der Waals surface area contributed by atoms with Crippen molar-refractivity contribution in [3.63, 3.8) is 0 Å². The molecule has 0 spiro atoms. The van der Waals surface area contributed by atoms with E-state index in [1.54, 1.807) is 0 Å². The Bertz CT molecular complexity index is 183. The van der Waals surface area contributed by atoms with Crippen molar-refractivity contribution in [3.8, 4) is 0 Å². The summed E-state index contributed by atoms with van der Waals surface area (Å²) in [5.41, 5.74) is 0. The van der Waals surface area contributed by atoms with Crippen LogP contribution in [0.2, 0.25) is 1.94 Å². The zero-order valence-electron chi connectivity index (χ0n) is 12.2. The summed E-state index contributed by atoms with van der Waals surface area (Å²) in [6, 6.07) is 0.